The Morgan fingerprint density at radius 3 is 2.71 bits per heavy atom. The standard InChI is InChI=1S/C4H5ClN2/c1-7-3-2-4(5)6-7/h2-3H,1H3/q+1. The van der Waals surface area contributed by atoms with E-state index in [1.807, 2.05) is 7.05 Å². The number of hydrogen-bond acceptors (Lipinski definition) is 2. The van der Waals surface area contributed by atoms with Crippen molar-refractivity contribution in [2.24, 2.45) is 0 Å². The van der Waals surface area contributed by atoms with Gasteiger partial charge in [-0.05, 0) is 11.6 Å². The Morgan fingerprint density at radius 1 is 1.86 bits per heavy atom. The molecule has 0 aromatic carbocycles. The molecule has 0 aromatic rings. The second-order valence-corrected chi connectivity index (χ2v) is 1.70. The summed E-state index contributed by atoms with van der Waals surface area (Å²) in [5.74, 6) is 0. The highest BCUT2D eigenvalue weighted by Gasteiger charge is 2.13. The summed E-state index contributed by atoms with van der Waals surface area (Å²) in [6.07, 6.45) is 3.53. The Kier molecular flexibility index (Phi) is 1.02. The molecule has 3 heteroatoms. The summed E-state index contributed by atoms with van der Waals surface area (Å²) < 4.78 is 0. The first-order valence-electron chi connectivity index (χ1n) is 1.94. The van der Waals surface area contributed by atoms with Gasteiger partial charge in [0.2, 0.25) is 0 Å². The highest BCUT2D eigenvalue weighted by atomic mass is 35.5. The predicted molar refractivity (Wildman–Crippen MR) is 29.9 cm³/mol. The topological polar surface area (TPSA) is 17.3 Å². The van der Waals surface area contributed by atoms with Crippen LogP contribution in [0.15, 0.2) is 12.3 Å². The highest BCUT2D eigenvalue weighted by molar-refractivity contribution is 6.68. The van der Waals surface area contributed by atoms with Crippen LogP contribution in [-0.2, 0) is 0 Å². The Morgan fingerprint density at radius 2 is 2.57 bits per heavy atom. The zero-order valence-electron chi connectivity index (χ0n) is 3.93. The summed E-state index contributed by atoms with van der Waals surface area (Å²) in [5.41, 5.74) is 0. The van der Waals surface area contributed by atoms with Crippen molar-refractivity contribution in [3.63, 3.8) is 0 Å². The molecule has 0 N–H and O–H groups in total. The van der Waals surface area contributed by atoms with E-state index in [1.54, 1.807) is 17.3 Å². The number of hydrogen-bond donors (Lipinski definition) is 0. The van der Waals surface area contributed by atoms with Gasteiger partial charge in [0.15, 0.2) is 5.10 Å². The molecule has 37 valence electrons. The van der Waals surface area contributed by atoms with Crippen LogP contribution in [0.4, 0.5) is 0 Å². The van der Waals surface area contributed by atoms with E-state index in [-0.39, 0.29) is 0 Å². The monoisotopic (exact) mass is 116 g/mol. The van der Waals surface area contributed by atoms with Gasteiger partial charge in [-0.25, -0.2) is 0 Å². The molecule has 0 aliphatic carbocycles. The molecule has 0 unspecified atom stereocenters. The van der Waals surface area contributed by atoms with Crippen molar-refractivity contribution in [1.29, 1.82) is 0 Å². The van der Waals surface area contributed by atoms with Crippen LogP contribution >= 0.6 is 11.6 Å². The van der Waals surface area contributed by atoms with Gasteiger partial charge in [0.25, 0.3) is 0 Å². The number of halogens is 1. The third-order valence-corrected chi connectivity index (χ3v) is 0.883. The summed E-state index contributed by atoms with van der Waals surface area (Å²) in [6, 6.07) is 0. The summed E-state index contributed by atoms with van der Waals surface area (Å²) in [7, 11) is 1.83. The molecule has 0 atom stereocenters. The van der Waals surface area contributed by atoms with Gasteiger partial charge >= 0.3 is 5.17 Å². The molecule has 1 radical (unpaired) electrons. The van der Waals surface area contributed by atoms with E-state index in [9.17, 15) is 0 Å². The molecule has 0 spiro atoms. The minimum Gasteiger partial charge on any atom is -0.0975 e. The average molecular weight is 117 g/mol. The Labute approximate surface area is 47.1 Å². The first-order chi connectivity index (χ1) is 3.29. The summed E-state index contributed by atoms with van der Waals surface area (Å²) in [6.45, 7) is 0. The van der Waals surface area contributed by atoms with Gasteiger partial charge in [-0.15, -0.1) is 0 Å². The van der Waals surface area contributed by atoms with Crippen molar-refractivity contribution in [2.45, 2.75) is 0 Å². The third kappa shape index (κ3) is 0.933. The van der Waals surface area contributed by atoms with E-state index in [4.69, 9.17) is 11.6 Å². The summed E-state index contributed by atoms with van der Waals surface area (Å²) in [4.78, 5) is 0. The number of allylic oxidation sites excluding steroid dienone is 1. The quantitative estimate of drug-likeness (QED) is 0.446. The Bertz CT molecular complexity index is 128. The molecular weight excluding hydrogens is 112 g/mol. The van der Waals surface area contributed by atoms with Gasteiger partial charge < -0.3 is 0 Å². The maximum Gasteiger partial charge on any atom is 0.380 e. The van der Waals surface area contributed by atoms with Gasteiger partial charge in [-0.1, -0.05) is 5.01 Å². The zero-order chi connectivity index (χ0) is 5.28. The molecule has 0 bridgehead atoms. The molecule has 0 amide bonds. The lowest BCUT2D eigenvalue weighted by Crippen LogP contribution is -2.09. The molecule has 0 fully saturated rings. The second-order valence-electron chi connectivity index (χ2n) is 1.31. The van der Waals surface area contributed by atoms with Crippen LogP contribution in [0.5, 0.6) is 0 Å². The molecule has 0 saturated carbocycles. The van der Waals surface area contributed by atoms with Gasteiger partial charge in [0.05, 0.1) is 19.3 Å². The van der Waals surface area contributed by atoms with Crippen LogP contribution in [0.1, 0.15) is 0 Å². The fraction of sp³-hybridized carbons (Fsp3) is 0.250. The van der Waals surface area contributed by atoms with Crippen LogP contribution in [0.3, 0.4) is 0 Å². The number of nitrogens with zero attached hydrogens (tertiary/aromatic N) is 2. The predicted octanol–water partition coefficient (Wildman–Crippen LogP) is 0.334. The lowest BCUT2D eigenvalue weighted by Gasteiger charge is -1.79. The largest absolute Gasteiger partial charge is 0.380 e. The molecule has 1 heterocycles. The van der Waals surface area contributed by atoms with E-state index in [0.29, 0.717) is 5.17 Å². The first-order valence-corrected chi connectivity index (χ1v) is 2.32. The molecule has 2 nitrogen and oxygen atoms in total. The van der Waals surface area contributed by atoms with E-state index < -0.39 is 0 Å². The zero-order valence-corrected chi connectivity index (χ0v) is 4.68. The lowest BCUT2D eigenvalue weighted by atomic mass is 10.7. The SMILES string of the molecule is CN1C=CC(Cl)=[N+]1. The molecule has 1 aliphatic rings. The van der Waals surface area contributed by atoms with Crippen molar-refractivity contribution in [3.8, 4) is 0 Å². The van der Waals surface area contributed by atoms with E-state index in [0.717, 1.165) is 0 Å². The number of hydrazone groups is 1. The minimum absolute atomic E-state index is 0.544. The van der Waals surface area contributed by atoms with E-state index in [2.05, 4.69) is 5.10 Å². The van der Waals surface area contributed by atoms with Crippen molar-refractivity contribution in [2.75, 3.05) is 7.05 Å². The maximum atomic E-state index is 5.43. The summed E-state index contributed by atoms with van der Waals surface area (Å²) >= 11 is 5.43. The Hall–Kier alpha value is -0.500. The fourth-order valence-electron chi connectivity index (χ4n) is 0.387. The van der Waals surface area contributed by atoms with Gasteiger partial charge in [-0.3, -0.25) is 0 Å². The van der Waals surface area contributed by atoms with Crippen molar-refractivity contribution >= 4 is 16.8 Å². The van der Waals surface area contributed by atoms with Gasteiger partial charge in [0, 0.05) is 0 Å². The normalized spacial score (nSPS) is 18.0. The van der Waals surface area contributed by atoms with Crippen LogP contribution in [-0.4, -0.2) is 17.2 Å². The smallest absolute Gasteiger partial charge is 0.0975 e. The molecule has 0 aromatic heterocycles. The van der Waals surface area contributed by atoms with Crippen molar-refractivity contribution in [3.05, 3.63) is 12.3 Å². The van der Waals surface area contributed by atoms with Crippen LogP contribution in [0, 0.1) is 0 Å². The minimum atomic E-state index is 0.544. The number of rotatable bonds is 0. The third-order valence-electron chi connectivity index (χ3n) is 0.681. The van der Waals surface area contributed by atoms with Gasteiger partial charge in [-0.2, -0.15) is 0 Å². The molecule has 7 heavy (non-hydrogen) atoms. The molecular formula is C4H5ClN2+. The van der Waals surface area contributed by atoms with Crippen LogP contribution in [0.25, 0.3) is 0 Å². The molecule has 1 rings (SSSR count). The lowest BCUT2D eigenvalue weighted by molar-refractivity contribution is 0.442. The maximum absolute atomic E-state index is 5.43. The molecule has 1 aliphatic heterocycles. The van der Waals surface area contributed by atoms with Crippen molar-refractivity contribution in [1.82, 2.24) is 10.1 Å². The van der Waals surface area contributed by atoms with Crippen LogP contribution < -0.4 is 5.10 Å². The van der Waals surface area contributed by atoms with Gasteiger partial charge in [0.1, 0.15) is 0 Å². The van der Waals surface area contributed by atoms with E-state index >= 15 is 0 Å². The van der Waals surface area contributed by atoms with Crippen LogP contribution in [0.2, 0.25) is 0 Å². The van der Waals surface area contributed by atoms with E-state index in [1.165, 1.54) is 0 Å². The highest BCUT2D eigenvalue weighted by Crippen LogP contribution is 1.92. The molecule has 0 saturated heterocycles. The average Bonchev–Trinajstić information content (AvgIpc) is 1.87. The second kappa shape index (κ2) is 1.54. The summed E-state index contributed by atoms with van der Waals surface area (Å²) in [5, 5.41) is 5.99. The Balaban J connectivity index is 2.69. The first kappa shape index (κ1) is 4.65. The fourth-order valence-corrected chi connectivity index (χ4v) is 0.562. The van der Waals surface area contributed by atoms with Crippen molar-refractivity contribution < 1.29 is 0 Å².